The average Bonchev–Trinajstić information content (AvgIpc) is 2.11. The number of carbonyl (C=O) groups excluding carboxylic acids is 1. The molecule has 1 aliphatic rings. The van der Waals surface area contributed by atoms with Crippen LogP contribution in [0.3, 0.4) is 0 Å². The summed E-state index contributed by atoms with van der Waals surface area (Å²) in [5, 5.41) is 8.95. The van der Waals surface area contributed by atoms with E-state index in [1.54, 1.807) is 19.9 Å². The molecule has 0 radical (unpaired) electrons. The van der Waals surface area contributed by atoms with E-state index in [4.69, 9.17) is 9.84 Å². The lowest BCUT2D eigenvalue weighted by Crippen LogP contribution is -2.49. The molecule has 78 valence electrons. The first kappa shape index (κ1) is 10.8. The minimum atomic E-state index is -1.39. The van der Waals surface area contributed by atoms with Gasteiger partial charge < -0.3 is 9.84 Å². The number of hydrogen-bond donors (Lipinski definition) is 1. The second kappa shape index (κ2) is 3.44. The minimum absolute atomic E-state index is 0.205. The number of esters is 1. The Balaban J connectivity index is 2.97. The van der Waals surface area contributed by atoms with Gasteiger partial charge in [0.1, 0.15) is 0 Å². The van der Waals surface area contributed by atoms with E-state index in [0.29, 0.717) is 12.0 Å². The van der Waals surface area contributed by atoms with E-state index in [0.717, 1.165) is 0 Å². The van der Waals surface area contributed by atoms with E-state index in [1.165, 1.54) is 6.92 Å². The first-order valence-electron chi connectivity index (χ1n) is 4.53. The number of aliphatic carboxylic acids is 1. The average molecular weight is 198 g/mol. The third-order valence-electron chi connectivity index (χ3n) is 2.81. The van der Waals surface area contributed by atoms with Crippen molar-refractivity contribution in [1.82, 2.24) is 0 Å². The van der Waals surface area contributed by atoms with Crippen LogP contribution in [-0.4, -0.2) is 22.6 Å². The van der Waals surface area contributed by atoms with Gasteiger partial charge in [0.15, 0.2) is 0 Å². The van der Waals surface area contributed by atoms with Crippen LogP contribution in [0.4, 0.5) is 0 Å². The number of allylic oxidation sites excluding steroid dienone is 1. The van der Waals surface area contributed by atoms with E-state index in [9.17, 15) is 9.59 Å². The van der Waals surface area contributed by atoms with Gasteiger partial charge in [-0.25, -0.2) is 9.59 Å². The molecular weight excluding hydrogens is 184 g/mol. The summed E-state index contributed by atoms with van der Waals surface area (Å²) in [6.07, 6.45) is 2.12. The summed E-state index contributed by atoms with van der Waals surface area (Å²) in [6.45, 7) is 4.95. The Morgan fingerprint density at radius 3 is 2.71 bits per heavy atom. The Kier molecular flexibility index (Phi) is 2.64. The lowest BCUT2D eigenvalue weighted by atomic mass is 9.82. The topological polar surface area (TPSA) is 63.6 Å². The van der Waals surface area contributed by atoms with Crippen LogP contribution in [0.15, 0.2) is 11.6 Å². The normalized spacial score (nSPS) is 35.5. The van der Waals surface area contributed by atoms with Gasteiger partial charge >= 0.3 is 11.9 Å². The van der Waals surface area contributed by atoms with Gasteiger partial charge in [0.25, 0.3) is 0 Å². The van der Waals surface area contributed by atoms with Gasteiger partial charge in [-0.2, -0.15) is 0 Å². The molecule has 1 saturated heterocycles. The van der Waals surface area contributed by atoms with Gasteiger partial charge in [-0.05, 0) is 20.3 Å². The van der Waals surface area contributed by atoms with Crippen LogP contribution in [0.2, 0.25) is 0 Å². The molecule has 0 aromatic rings. The first-order valence-corrected chi connectivity index (χ1v) is 4.53. The fourth-order valence-corrected chi connectivity index (χ4v) is 1.46. The Morgan fingerprint density at radius 2 is 2.29 bits per heavy atom. The van der Waals surface area contributed by atoms with Gasteiger partial charge in [0.2, 0.25) is 5.60 Å². The third kappa shape index (κ3) is 1.52. The Hall–Kier alpha value is -1.32. The van der Waals surface area contributed by atoms with Crippen LogP contribution in [0.1, 0.15) is 27.2 Å². The summed E-state index contributed by atoms with van der Waals surface area (Å²) < 4.78 is 4.94. The molecule has 1 heterocycles. The second-order valence-electron chi connectivity index (χ2n) is 3.72. The molecule has 1 aliphatic heterocycles. The van der Waals surface area contributed by atoms with Crippen LogP contribution in [0, 0.1) is 5.92 Å². The Labute approximate surface area is 82.6 Å². The van der Waals surface area contributed by atoms with Crippen LogP contribution < -0.4 is 0 Å². The molecule has 2 unspecified atom stereocenters. The highest BCUT2D eigenvalue weighted by Crippen LogP contribution is 2.34. The molecule has 2 atom stereocenters. The van der Waals surface area contributed by atoms with Crippen LogP contribution >= 0.6 is 0 Å². The van der Waals surface area contributed by atoms with Crippen molar-refractivity contribution in [3.05, 3.63) is 11.6 Å². The minimum Gasteiger partial charge on any atom is -0.478 e. The zero-order chi connectivity index (χ0) is 10.9. The zero-order valence-electron chi connectivity index (χ0n) is 8.53. The summed E-state index contributed by atoms with van der Waals surface area (Å²) >= 11 is 0. The van der Waals surface area contributed by atoms with Crippen LogP contribution in [0.5, 0.6) is 0 Å². The molecule has 0 bridgehead atoms. The molecule has 1 rings (SSSR count). The maximum absolute atomic E-state index is 11.3. The number of hydrogen-bond acceptors (Lipinski definition) is 3. The standard InChI is InChI=1S/C10H14O4/c1-4-7-5-6(2)10(3,9(12)13)14-8(7)11/h4,6H,5H2,1-3H3,(H,12,13). The molecule has 0 saturated carbocycles. The predicted octanol–water partition coefficient (Wildman–Crippen LogP) is 1.36. The number of ether oxygens (including phenoxy) is 1. The van der Waals surface area contributed by atoms with Crippen molar-refractivity contribution in [1.29, 1.82) is 0 Å². The lowest BCUT2D eigenvalue weighted by molar-refractivity contribution is -0.184. The molecule has 1 N–H and O–H groups in total. The van der Waals surface area contributed by atoms with E-state index in [2.05, 4.69) is 0 Å². The summed E-state index contributed by atoms with van der Waals surface area (Å²) in [6, 6.07) is 0. The number of rotatable bonds is 1. The van der Waals surface area contributed by atoms with Gasteiger partial charge in [-0.3, -0.25) is 0 Å². The number of carbonyl (C=O) groups is 2. The van der Waals surface area contributed by atoms with Gasteiger partial charge in [-0.15, -0.1) is 0 Å². The van der Waals surface area contributed by atoms with Gasteiger partial charge in [0, 0.05) is 11.5 Å². The highest BCUT2D eigenvalue weighted by atomic mass is 16.6. The SMILES string of the molecule is CC=C1CC(C)C(C)(C(=O)O)OC1=O. The predicted molar refractivity (Wildman–Crippen MR) is 49.7 cm³/mol. The Morgan fingerprint density at radius 1 is 1.71 bits per heavy atom. The largest absolute Gasteiger partial charge is 0.478 e. The third-order valence-corrected chi connectivity index (χ3v) is 2.81. The molecular formula is C10H14O4. The van der Waals surface area contributed by atoms with Crippen molar-refractivity contribution >= 4 is 11.9 Å². The molecule has 4 heteroatoms. The summed E-state index contributed by atoms with van der Waals surface area (Å²) in [5.41, 5.74) is -0.833. The van der Waals surface area contributed by atoms with Crippen molar-refractivity contribution in [3.63, 3.8) is 0 Å². The number of cyclic esters (lactones) is 1. The maximum atomic E-state index is 11.3. The van der Waals surface area contributed by atoms with Crippen molar-refractivity contribution in [2.75, 3.05) is 0 Å². The Bertz CT molecular complexity index is 305. The summed E-state index contributed by atoms with van der Waals surface area (Å²) in [5.74, 6) is -1.81. The number of carboxylic acids is 1. The highest BCUT2D eigenvalue weighted by Gasteiger charge is 2.47. The van der Waals surface area contributed by atoms with E-state index in [-0.39, 0.29) is 5.92 Å². The molecule has 1 fully saturated rings. The lowest BCUT2D eigenvalue weighted by Gasteiger charge is -2.35. The molecule has 0 spiro atoms. The van der Waals surface area contributed by atoms with Gasteiger partial charge in [-0.1, -0.05) is 13.0 Å². The van der Waals surface area contributed by atoms with Crippen LogP contribution in [0.25, 0.3) is 0 Å². The van der Waals surface area contributed by atoms with Crippen molar-refractivity contribution in [2.24, 2.45) is 5.92 Å². The molecule has 0 aromatic heterocycles. The van der Waals surface area contributed by atoms with E-state index in [1.807, 2.05) is 0 Å². The van der Waals surface area contributed by atoms with Crippen molar-refractivity contribution < 1.29 is 19.4 Å². The monoisotopic (exact) mass is 198 g/mol. The van der Waals surface area contributed by atoms with Crippen molar-refractivity contribution in [3.8, 4) is 0 Å². The van der Waals surface area contributed by atoms with Crippen LogP contribution in [-0.2, 0) is 14.3 Å². The zero-order valence-corrected chi connectivity index (χ0v) is 8.53. The van der Waals surface area contributed by atoms with E-state index >= 15 is 0 Å². The quantitative estimate of drug-likeness (QED) is 0.510. The highest BCUT2D eigenvalue weighted by molar-refractivity contribution is 5.93. The fraction of sp³-hybridized carbons (Fsp3) is 0.600. The molecule has 0 amide bonds. The molecule has 0 aliphatic carbocycles. The van der Waals surface area contributed by atoms with Gasteiger partial charge in [0.05, 0.1) is 0 Å². The fourth-order valence-electron chi connectivity index (χ4n) is 1.46. The summed E-state index contributed by atoms with van der Waals surface area (Å²) in [7, 11) is 0. The van der Waals surface area contributed by atoms with Crippen molar-refractivity contribution in [2.45, 2.75) is 32.8 Å². The molecule has 14 heavy (non-hydrogen) atoms. The second-order valence-corrected chi connectivity index (χ2v) is 3.72. The molecule has 4 nitrogen and oxygen atoms in total. The number of carboxylic acid groups (broad SMARTS) is 1. The summed E-state index contributed by atoms with van der Waals surface area (Å²) in [4.78, 5) is 22.3. The first-order chi connectivity index (χ1) is 6.41. The smallest absolute Gasteiger partial charge is 0.348 e. The maximum Gasteiger partial charge on any atom is 0.348 e. The molecule has 0 aromatic carbocycles. The van der Waals surface area contributed by atoms with E-state index < -0.39 is 17.5 Å².